The van der Waals surface area contributed by atoms with Gasteiger partial charge in [0, 0.05) is 17.7 Å². The van der Waals surface area contributed by atoms with Gasteiger partial charge in [0.25, 0.3) is 0 Å². The van der Waals surface area contributed by atoms with Gasteiger partial charge >= 0.3 is 0 Å². The van der Waals surface area contributed by atoms with Crippen molar-refractivity contribution in [3.8, 4) is 5.75 Å². The summed E-state index contributed by atoms with van der Waals surface area (Å²) in [6, 6.07) is 4.23. The van der Waals surface area contributed by atoms with Crippen LogP contribution in [0, 0.1) is 5.82 Å². The van der Waals surface area contributed by atoms with Gasteiger partial charge in [0.15, 0.2) is 0 Å². The molecular weight excluding hydrogens is 279 g/mol. The molecule has 1 rings (SSSR count). The quantitative estimate of drug-likeness (QED) is 0.574. The molecule has 0 saturated heterocycles. The fourth-order valence-electron chi connectivity index (χ4n) is 1.39. The number of hydrogen-bond donors (Lipinski definition) is 0. The number of benzene rings is 1. The number of rotatable bonds is 7. The Kier molecular flexibility index (Phi) is 5.88. The summed E-state index contributed by atoms with van der Waals surface area (Å²) in [4.78, 5) is 0. The van der Waals surface area contributed by atoms with E-state index >= 15 is 0 Å². The van der Waals surface area contributed by atoms with Crippen molar-refractivity contribution in [1.82, 2.24) is 0 Å². The Bertz CT molecular complexity index is 488. The standard InChI is InChI=1S/C12H16ClFO3S/c1-2-18(15,16)5-3-4-17-12-7-10(9-13)6-11(14)8-12/h6-8H,2-5,9H2,1H3. The predicted molar refractivity (Wildman–Crippen MR) is 70.4 cm³/mol. The fraction of sp³-hybridized carbons (Fsp3) is 0.500. The summed E-state index contributed by atoms with van der Waals surface area (Å²) in [5.74, 6) is 0.381. The van der Waals surface area contributed by atoms with Crippen molar-refractivity contribution in [3.05, 3.63) is 29.6 Å². The van der Waals surface area contributed by atoms with Gasteiger partial charge < -0.3 is 4.74 Å². The van der Waals surface area contributed by atoms with Crippen molar-refractivity contribution in [2.24, 2.45) is 0 Å². The van der Waals surface area contributed by atoms with Crippen LogP contribution >= 0.6 is 11.6 Å². The van der Waals surface area contributed by atoms with E-state index in [9.17, 15) is 12.8 Å². The Morgan fingerprint density at radius 3 is 2.67 bits per heavy atom. The lowest BCUT2D eigenvalue weighted by Crippen LogP contribution is -2.11. The molecule has 0 aliphatic heterocycles. The first-order valence-corrected chi connectivity index (χ1v) is 8.01. The van der Waals surface area contributed by atoms with E-state index < -0.39 is 15.7 Å². The first-order valence-electron chi connectivity index (χ1n) is 5.65. The van der Waals surface area contributed by atoms with Gasteiger partial charge in [-0.25, -0.2) is 12.8 Å². The summed E-state index contributed by atoms with van der Waals surface area (Å²) in [6.45, 7) is 1.85. The molecule has 0 bridgehead atoms. The van der Waals surface area contributed by atoms with E-state index in [4.69, 9.17) is 16.3 Å². The zero-order chi connectivity index (χ0) is 13.6. The summed E-state index contributed by atoms with van der Waals surface area (Å²) >= 11 is 5.61. The maximum Gasteiger partial charge on any atom is 0.150 e. The van der Waals surface area contributed by atoms with Crippen molar-refractivity contribution >= 4 is 21.4 Å². The van der Waals surface area contributed by atoms with E-state index in [1.165, 1.54) is 12.1 Å². The monoisotopic (exact) mass is 294 g/mol. The molecule has 0 saturated carbocycles. The Balaban J connectivity index is 2.47. The number of sulfone groups is 1. The molecule has 3 nitrogen and oxygen atoms in total. The van der Waals surface area contributed by atoms with E-state index in [2.05, 4.69) is 0 Å². The van der Waals surface area contributed by atoms with Crippen LogP contribution in [0.4, 0.5) is 4.39 Å². The van der Waals surface area contributed by atoms with Crippen molar-refractivity contribution in [2.45, 2.75) is 19.2 Å². The summed E-state index contributed by atoms with van der Waals surface area (Å²) in [5, 5.41) is 0. The predicted octanol–water partition coefficient (Wildman–Crippen LogP) is 2.77. The molecule has 102 valence electrons. The van der Waals surface area contributed by atoms with Crippen LogP contribution in [0.5, 0.6) is 5.75 Å². The number of alkyl halides is 1. The summed E-state index contributed by atoms with van der Waals surface area (Å²) < 4.78 is 40.9. The maximum atomic E-state index is 13.1. The molecule has 1 aromatic carbocycles. The minimum atomic E-state index is -2.97. The highest BCUT2D eigenvalue weighted by atomic mass is 35.5. The van der Waals surface area contributed by atoms with E-state index in [1.54, 1.807) is 13.0 Å². The van der Waals surface area contributed by atoms with Gasteiger partial charge in [-0.1, -0.05) is 6.92 Å². The molecule has 0 heterocycles. The lowest BCUT2D eigenvalue weighted by Gasteiger charge is -2.07. The molecular formula is C12H16ClFO3S. The second-order valence-electron chi connectivity index (χ2n) is 3.87. The molecule has 0 fully saturated rings. The molecule has 0 atom stereocenters. The minimum Gasteiger partial charge on any atom is -0.493 e. The molecule has 0 unspecified atom stereocenters. The SMILES string of the molecule is CCS(=O)(=O)CCCOc1cc(F)cc(CCl)c1. The molecule has 0 aromatic heterocycles. The van der Waals surface area contributed by atoms with Gasteiger partial charge in [0.05, 0.1) is 12.4 Å². The Morgan fingerprint density at radius 1 is 1.33 bits per heavy atom. The van der Waals surface area contributed by atoms with Gasteiger partial charge in [-0.05, 0) is 24.1 Å². The van der Waals surface area contributed by atoms with Crippen LogP contribution in [0.2, 0.25) is 0 Å². The zero-order valence-corrected chi connectivity index (χ0v) is 11.7. The molecule has 6 heteroatoms. The van der Waals surface area contributed by atoms with E-state index in [0.29, 0.717) is 17.7 Å². The van der Waals surface area contributed by atoms with Crippen LogP contribution in [0.3, 0.4) is 0 Å². The Labute approximate surface area is 112 Å². The van der Waals surface area contributed by atoms with Gasteiger partial charge in [-0.15, -0.1) is 11.6 Å². The first kappa shape index (κ1) is 15.2. The van der Waals surface area contributed by atoms with Gasteiger partial charge in [0.2, 0.25) is 0 Å². The maximum absolute atomic E-state index is 13.1. The van der Waals surface area contributed by atoms with Crippen molar-refractivity contribution < 1.29 is 17.5 Å². The second kappa shape index (κ2) is 6.95. The Hall–Kier alpha value is -0.810. The highest BCUT2D eigenvalue weighted by Gasteiger charge is 2.07. The smallest absolute Gasteiger partial charge is 0.150 e. The summed E-state index contributed by atoms with van der Waals surface area (Å²) in [5.41, 5.74) is 0.632. The number of halogens is 2. The topological polar surface area (TPSA) is 43.4 Å². The third-order valence-corrected chi connectivity index (χ3v) is 4.49. The average Bonchev–Trinajstić information content (AvgIpc) is 2.34. The molecule has 0 spiro atoms. The highest BCUT2D eigenvalue weighted by Crippen LogP contribution is 2.18. The van der Waals surface area contributed by atoms with Crippen LogP contribution in [-0.4, -0.2) is 26.5 Å². The second-order valence-corrected chi connectivity index (χ2v) is 6.61. The van der Waals surface area contributed by atoms with Gasteiger partial charge in [-0.3, -0.25) is 0 Å². The van der Waals surface area contributed by atoms with Crippen LogP contribution in [0.25, 0.3) is 0 Å². The zero-order valence-electron chi connectivity index (χ0n) is 10.2. The number of hydrogen-bond acceptors (Lipinski definition) is 3. The van der Waals surface area contributed by atoms with Crippen LogP contribution < -0.4 is 4.74 Å². The van der Waals surface area contributed by atoms with Crippen molar-refractivity contribution in [2.75, 3.05) is 18.1 Å². The average molecular weight is 295 g/mol. The summed E-state index contributed by atoms with van der Waals surface area (Å²) in [6.07, 6.45) is 0.392. The van der Waals surface area contributed by atoms with Crippen LogP contribution in [0.1, 0.15) is 18.9 Å². The molecule has 0 aliphatic carbocycles. The van der Waals surface area contributed by atoms with Crippen molar-refractivity contribution in [1.29, 1.82) is 0 Å². The number of ether oxygens (including phenoxy) is 1. The summed E-state index contributed by atoms with van der Waals surface area (Å²) in [7, 11) is -2.97. The third kappa shape index (κ3) is 5.23. The van der Waals surface area contributed by atoms with Gasteiger partial charge in [0.1, 0.15) is 21.4 Å². The first-order chi connectivity index (χ1) is 8.46. The largest absolute Gasteiger partial charge is 0.493 e. The van der Waals surface area contributed by atoms with E-state index in [0.717, 1.165) is 0 Å². The lowest BCUT2D eigenvalue weighted by atomic mass is 10.2. The fourth-order valence-corrected chi connectivity index (χ4v) is 2.40. The third-order valence-electron chi connectivity index (χ3n) is 2.39. The van der Waals surface area contributed by atoms with Crippen LogP contribution in [-0.2, 0) is 15.7 Å². The van der Waals surface area contributed by atoms with E-state index in [-0.39, 0.29) is 24.0 Å². The van der Waals surface area contributed by atoms with Crippen LogP contribution in [0.15, 0.2) is 18.2 Å². The molecule has 18 heavy (non-hydrogen) atoms. The normalized spacial score (nSPS) is 11.5. The lowest BCUT2D eigenvalue weighted by molar-refractivity contribution is 0.316. The molecule has 0 N–H and O–H groups in total. The molecule has 1 aromatic rings. The van der Waals surface area contributed by atoms with E-state index in [1.807, 2.05) is 0 Å². The van der Waals surface area contributed by atoms with Gasteiger partial charge in [-0.2, -0.15) is 0 Å². The molecule has 0 aliphatic rings. The molecule has 0 amide bonds. The van der Waals surface area contributed by atoms with Crippen molar-refractivity contribution in [3.63, 3.8) is 0 Å². The Morgan fingerprint density at radius 2 is 2.06 bits per heavy atom. The minimum absolute atomic E-state index is 0.0845. The molecule has 0 radical (unpaired) electrons. The highest BCUT2D eigenvalue weighted by molar-refractivity contribution is 7.91.